The standard InChI is InChI=1S/C18H38O4S.C16H34O4S.Na.H/c1-2-3-4-5-6-7-8-9-10-11-12-13-14-15-16-17-18-22-23(19,20)21;1-2-3-4-5-6-7-8-9-10-11-12-13-14-15-16-20-21(17,18)19;;/h2-18H2,1H3,(H,19,20,21);2-16H2,1H3,(H,17,18,19);;/q;;+1;-1. The number of hydrogen-bond acceptors (Lipinski definition) is 6. The van der Waals surface area contributed by atoms with Crippen LogP contribution in [0.3, 0.4) is 0 Å². The predicted molar refractivity (Wildman–Crippen MR) is 186 cm³/mol. The molecule has 0 aromatic rings. The molecule has 0 fully saturated rings. The first kappa shape index (κ1) is 50.1. The molecule has 0 aliphatic carbocycles. The van der Waals surface area contributed by atoms with Crippen molar-refractivity contribution in [2.75, 3.05) is 13.2 Å². The van der Waals surface area contributed by atoms with Crippen molar-refractivity contribution < 1.29 is 65.3 Å². The van der Waals surface area contributed by atoms with Crippen molar-refractivity contribution in [3.8, 4) is 0 Å². The van der Waals surface area contributed by atoms with E-state index in [0.29, 0.717) is 12.8 Å². The van der Waals surface area contributed by atoms with Gasteiger partial charge in [0, 0.05) is 0 Å². The van der Waals surface area contributed by atoms with Crippen LogP contribution in [0.25, 0.3) is 0 Å². The molecular weight excluding hydrogens is 623 g/mol. The Bertz CT molecular complexity index is 771. The summed E-state index contributed by atoms with van der Waals surface area (Å²) in [7, 11) is -8.49. The van der Waals surface area contributed by atoms with Crippen LogP contribution in [0.5, 0.6) is 0 Å². The molecule has 0 aliphatic rings. The number of rotatable bonds is 34. The molecule has 0 rings (SSSR count). The van der Waals surface area contributed by atoms with Crippen LogP contribution in [0.1, 0.15) is 208 Å². The maximum Gasteiger partial charge on any atom is 1.00 e. The van der Waals surface area contributed by atoms with Crippen molar-refractivity contribution in [1.29, 1.82) is 0 Å². The van der Waals surface area contributed by atoms with Gasteiger partial charge in [0.15, 0.2) is 0 Å². The molecule has 11 heteroatoms. The Morgan fingerprint density at radius 2 is 0.511 bits per heavy atom. The average Bonchev–Trinajstić information content (AvgIpc) is 2.96. The molecule has 0 heterocycles. The molecule has 0 saturated heterocycles. The summed E-state index contributed by atoms with van der Waals surface area (Å²) in [5.74, 6) is 0. The first-order chi connectivity index (χ1) is 21.1. The molecule has 270 valence electrons. The molecule has 0 atom stereocenters. The third-order valence-electron chi connectivity index (χ3n) is 7.96. The van der Waals surface area contributed by atoms with Crippen molar-refractivity contribution in [3.63, 3.8) is 0 Å². The molecule has 0 aromatic heterocycles. The Morgan fingerprint density at radius 3 is 0.667 bits per heavy atom. The van der Waals surface area contributed by atoms with Gasteiger partial charge in [0.2, 0.25) is 0 Å². The zero-order valence-electron chi connectivity index (χ0n) is 30.8. The van der Waals surface area contributed by atoms with Crippen LogP contribution in [-0.2, 0) is 29.2 Å². The van der Waals surface area contributed by atoms with E-state index in [1.54, 1.807) is 0 Å². The van der Waals surface area contributed by atoms with Gasteiger partial charge < -0.3 is 1.43 Å². The van der Waals surface area contributed by atoms with Crippen LogP contribution in [0.2, 0.25) is 0 Å². The van der Waals surface area contributed by atoms with Crippen LogP contribution in [0.15, 0.2) is 0 Å². The molecule has 0 amide bonds. The van der Waals surface area contributed by atoms with Crippen LogP contribution in [-0.4, -0.2) is 39.2 Å². The molecular formula is C34H73NaO8S2. The van der Waals surface area contributed by atoms with Gasteiger partial charge in [-0.05, 0) is 12.8 Å². The zero-order valence-corrected chi connectivity index (χ0v) is 33.4. The normalized spacial score (nSPS) is 11.6. The van der Waals surface area contributed by atoms with E-state index >= 15 is 0 Å². The average molecular weight is 697 g/mol. The van der Waals surface area contributed by atoms with Gasteiger partial charge in [-0.25, -0.2) is 8.37 Å². The molecule has 0 radical (unpaired) electrons. The summed E-state index contributed by atoms with van der Waals surface area (Å²) in [5, 5.41) is 0. The summed E-state index contributed by atoms with van der Waals surface area (Å²) >= 11 is 0. The quantitative estimate of drug-likeness (QED) is 0.0390. The second-order valence-corrected chi connectivity index (χ2v) is 14.6. The van der Waals surface area contributed by atoms with Gasteiger partial charge in [0.1, 0.15) is 0 Å². The molecule has 2 N–H and O–H groups in total. The van der Waals surface area contributed by atoms with Crippen molar-refractivity contribution in [2.24, 2.45) is 0 Å². The van der Waals surface area contributed by atoms with Gasteiger partial charge in [-0.15, -0.1) is 0 Å². The van der Waals surface area contributed by atoms with Gasteiger partial charge >= 0.3 is 50.4 Å². The Labute approximate surface area is 304 Å². The van der Waals surface area contributed by atoms with E-state index in [9.17, 15) is 16.8 Å². The summed E-state index contributed by atoms with van der Waals surface area (Å²) in [4.78, 5) is 0. The molecule has 0 spiro atoms. The van der Waals surface area contributed by atoms with E-state index in [1.807, 2.05) is 0 Å². The molecule has 0 aliphatic heterocycles. The second-order valence-electron chi connectivity index (χ2n) is 12.4. The summed E-state index contributed by atoms with van der Waals surface area (Å²) in [5.41, 5.74) is 0. The summed E-state index contributed by atoms with van der Waals surface area (Å²) in [6.07, 6.45) is 38.1. The fraction of sp³-hybridized carbons (Fsp3) is 1.00. The maximum absolute atomic E-state index is 10.3. The minimum atomic E-state index is -4.24. The SMILES string of the molecule is CCCCCCCCCCCCCCCCCCOS(=O)(=O)O.CCCCCCCCCCCCCCCCOS(=O)(=O)O.[H-].[Na+]. The summed E-state index contributed by atoms with van der Waals surface area (Å²) in [6, 6.07) is 0. The maximum atomic E-state index is 10.3. The van der Waals surface area contributed by atoms with Gasteiger partial charge in [0.05, 0.1) is 13.2 Å². The van der Waals surface area contributed by atoms with Crippen LogP contribution in [0, 0.1) is 0 Å². The van der Waals surface area contributed by atoms with Gasteiger partial charge in [0.25, 0.3) is 0 Å². The monoisotopic (exact) mass is 696 g/mol. The Kier molecular flexibility index (Phi) is 43.6. The molecule has 0 aromatic carbocycles. The Hall–Kier alpha value is 0.740. The van der Waals surface area contributed by atoms with E-state index in [1.165, 1.54) is 154 Å². The van der Waals surface area contributed by atoms with Crippen LogP contribution in [0.4, 0.5) is 0 Å². The minimum absolute atomic E-state index is 0. The third-order valence-corrected chi connectivity index (χ3v) is 8.89. The van der Waals surface area contributed by atoms with E-state index in [4.69, 9.17) is 9.11 Å². The number of unbranched alkanes of at least 4 members (excludes halogenated alkanes) is 28. The van der Waals surface area contributed by atoms with E-state index in [0.717, 1.165) is 25.7 Å². The number of hydrogen-bond donors (Lipinski definition) is 2. The van der Waals surface area contributed by atoms with E-state index in [2.05, 4.69) is 22.2 Å². The van der Waals surface area contributed by atoms with Crippen molar-refractivity contribution in [3.05, 3.63) is 0 Å². The van der Waals surface area contributed by atoms with Crippen LogP contribution < -0.4 is 29.6 Å². The smallest absolute Gasteiger partial charge is 1.00 e. The molecule has 8 nitrogen and oxygen atoms in total. The van der Waals surface area contributed by atoms with Crippen molar-refractivity contribution in [1.82, 2.24) is 0 Å². The predicted octanol–water partition coefficient (Wildman–Crippen LogP) is 8.47. The first-order valence-electron chi connectivity index (χ1n) is 18.4. The molecule has 0 unspecified atom stereocenters. The van der Waals surface area contributed by atoms with Gasteiger partial charge in [-0.1, -0.05) is 194 Å². The molecule has 0 saturated carbocycles. The van der Waals surface area contributed by atoms with Gasteiger partial charge in [-0.3, -0.25) is 9.11 Å². The van der Waals surface area contributed by atoms with Crippen molar-refractivity contribution in [2.45, 2.75) is 206 Å². The zero-order chi connectivity index (χ0) is 33.0. The van der Waals surface area contributed by atoms with E-state index < -0.39 is 20.8 Å². The summed E-state index contributed by atoms with van der Waals surface area (Å²) in [6.45, 7) is 4.70. The molecule has 0 bridgehead atoms. The van der Waals surface area contributed by atoms with Crippen LogP contribution >= 0.6 is 0 Å². The largest absolute Gasteiger partial charge is 1.00 e. The van der Waals surface area contributed by atoms with E-state index in [-0.39, 0.29) is 44.2 Å². The first-order valence-corrected chi connectivity index (χ1v) is 21.1. The van der Waals surface area contributed by atoms with Crippen molar-refractivity contribution >= 4 is 20.8 Å². The Balaban J connectivity index is -0.000000369. The topological polar surface area (TPSA) is 127 Å². The minimum Gasteiger partial charge on any atom is -1.00 e. The Morgan fingerprint density at radius 1 is 0.356 bits per heavy atom. The second kappa shape index (κ2) is 39.2. The third kappa shape index (κ3) is 54.5. The fourth-order valence-electron chi connectivity index (χ4n) is 5.28. The van der Waals surface area contributed by atoms with Gasteiger partial charge in [-0.2, -0.15) is 16.8 Å². The molecule has 45 heavy (non-hydrogen) atoms. The summed E-state index contributed by atoms with van der Waals surface area (Å²) < 4.78 is 66.6. The fourth-order valence-corrected chi connectivity index (χ4v) is 5.93.